The molecule has 0 saturated heterocycles. The Morgan fingerprint density at radius 1 is 0.720 bits per heavy atom. The molecule has 0 aromatic rings. The second-order valence-corrected chi connectivity index (χ2v) is 6.56. The maximum Gasteiger partial charge on any atom is 0.158 e. The highest BCUT2D eigenvalue weighted by atomic mass is 16.5. The van der Waals surface area contributed by atoms with Crippen molar-refractivity contribution in [2.75, 3.05) is 46.2 Å². The molecule has 25 heavy (non-hydrogen) atoms. The van der Waals surface area contributed by atoms with E-state index in [0.717, 1.165) is 6.42 Å². The van der Waals surface area contributed by atoms with Crippen molar-refractivity contribution in [3.63, 3.8) is 0 Å². The highest BCUT2D eigenvalue weighted by Crippen LogP contribution is 2.01. The van der Waals surface area contributed by atoms with E-state index in [0.29, 0.717) is 58.9 Å². The summed E-state index contributed by atoms with van der Waals surface area (Å²) in [6.45, 7) is 11.1. The fraction of sp³-hybridized carbons (Fsp3) is 0.895. The highest BCUT2D eigenvalue weighted by Gasteiger charge is 2.06. The number of Topliss-reactive ketones (excluding diaryl/α,β-unsaturated/α-hetero) is 2. The first kappa shape index (κ1) is 24.2. The summed E-state index contributed by atoms with van der Waals surface area (Å²) in [5, 5.41) is 0. The molecular formula is C19H36O6. The largest absolute Gasteiger partial charge is 0.379 e. The van der Waals surface area contributed by atoms with Crippen LogP contribution < -0.4 is 0 Å². The second-order valence-electron chi connectivity index (χ2n) is 6.56. The number of carbonyl (C=O) groups is 2. The van der Waals surface area contributed by atoms with Crippen LogP contribution in [-0.2, 0) is 28.5 Å². The summed E-state index contributed by atoms with van der Waals surface area (Å²) in [6.07, 6.45) is 2.63. The molecule has 0 heterocycles. The van der Waals surface area contributed by atoms with Gasteiger partial charge in [0.2, 0.25) is 0 Å². The monoisotopic (exact) mass is 360 g/mol. The van der Waals surface area contributed by atoms with Crippen LogP contribution in [0.1, 0.15) is 53.4 Å². The fourth-order valence-electron chi connectivity index (χ4n) is 1.88. The van der Waals surface area contributed by atoms with Crippen LogP contribution in [0.3, 0.4) is 0 Å². The van der Waals surface area contributed by atoms with Crippen LogP contribution in [0.15, 0.2) is 0 Å². The molecule has 0 amide bonds. The van der Waals surface area contributed by atoms with Crippen molar-refractivity contribution >= 4 is 11.6 Å². The zero-order chi connectivity index (χ0) is 18.9. The lowest BCUT2D eigenvalue weighted by molar-refractivity contribution is -0.125. The molecule has 0 radical (unpaired) electrons. The predicted molar refractivity (Wildman–Crippen MR) is 96.9 cm³/mol. The number of hydrogen-bond acceptors (Lipinski definition) is 6. The summed E-state index contributed by atoms with van der Waals surface area (Å²) < 4.78 is 21.4. The van der Waals surface area contributed by atoms with Gasteiger partial charge in [0.25, 0.3) is 0 Å². The van der Waals surface area contributed by atoms with Crippen molar-refractivity contribution in [3.8, 4) is 0 Å². The third-order valence-corrected chi connectivity index (χ3v) is 3.42. The molecule has 0 aliphatic carbocycles. The number of hydrogen-bond donors (Lipinski definition) is 0. The zero-order valence-electron chi connectivity index (χ0n) is 16.4. The molecule has 0 atom stereocenters. The summed E-state index contributed by atoms with van der Waals surface area (Å²) in [5.74, 6) is 0.502. The normalized spacial score (nSPS) is 11.4. The van der Waals surface area contributed by atoms with Gasteiger partial charge in [-0.15, -0.1) is 0 Å². The van der Waals surface area contributed by atoms with E-state index in [2.05, 4.69) is 0 Å². The number of ketones is 2. The van der Waals surface area contributed by atoms with Crippen LogP contribution in [0.4, 0.5) is 0 Å². The Balaban J connectivity index is 3.19. The van der Waals surface area contributed by atoms with Crippen LogP contribution in [0.25, 0.3) is 0 Å². The number of carbonyl (C=O) groups excluding carboxylic acids is 2. The van der Waals surface area contributed by atoms with Crippen molar-refractivity contribution in [1.82, 2.24) is 0 Å². The Hall–Kier alpha value is -0.820. The van der Waals surface area contributed by atoms with Crippen molar-refractivity contribution < 1.29 is 28.5 Å². The Bertz CT molecular complexity index is 341. The van der Waals surface area contributed by atoms with Crippen molar-refractivity contribution in [3.05, 3.63) is 0 Å². The first-order valence-electron chi connectivity index (χ1n) is 9.32. The standard InChI is InChI=1S/C19H36O6/c1-16(2)19(21)8-6-10-23-12-14-24-13-11-22-9-5-7-18(20)15-25-17(3)4/h16-17H,5-15H2,1-4H3. The van der Waals surface area contributed by atoms with Gasteiger partial charge in [-0.25, -0.2) is 0 Å². The van der Waals surface area contributed by atoms with Gasteiger partial charge in [-0.1, -0.05) is 13.8 Å². The maximum atomic E-state index is 11.5. The van der Waals surface area contributed by atoms with Gasteiger partial charge in [0.1, 0.15) is 12.4 Å². The molecule has 6 heteroatoms. The van der Waals surface area contributed by atoms with Crippen molar-refractivity contribution in [2.45, 2.75) is 59.5 Å². The number of rotatable bonds is 18. The Kier molecular flexibility index (Phi) is 16.1. The summed E-state index contributed by atoms with van der Waals surface area (Å²) in [6, 6.07) is 0. The van der Waals surface area contributed by atoms with Gasteiger partial charge in [-0.2, -0.15) is 0 Å². The average Bonchev–Trinajstić information content (AvgIpc) is 2.56. The Morgan fingerprint density at radius 3 is 1.68 bits per heavy atom. The molecule has 0 N–H and O–H groups in total. The van der Waals surface area contributed by atoms with E-state index in [1.807, 2.05) is 27.7 Å². The summed E-state index contributed by atoms with van der Waals surface area (Å²) >= 11 is 0. The lowest BCUT2D eigenvalue weighted by atomic mass is 10.1. The van der Waals surface area contributed by atoms with Crippen LogP contribution in [0, 0.1) is 5.92 Å². The number of ether oxygens (including phenoxy) is 4. The summed E-state index contributed by atoms with van der Waals surface area (Å²) in [5.41, 5.74) is 0. The predicted octanol–water partition coefficient (Wildman–Crippen LogP) is 2.82. The SMILES string of the molecule is CC(C)OCC(=O)CCCOCCOCCOCCCC(=O)C(C)C. The van der Waals surface area contributed by atoms with E-state index in [9.17, 15) is 9.59 Å². The van der Waals surface area contributed by atoms with E-state index in [-0.39, 0.29) is 30.2 Å². The van der Waals surface area contributed by atoms with Gasteiger partial charge in [0, 0.05) is 32.0 Å². The van der Waals surface area contributed by atoms with Crippen molar-refractivity contribution in [2.24, 2.45) is 5.92 Å². The Labute approximate surface area is 152 Å². The highest BCUT2D eigenvalue weighted by molar-refractivity contribution is 5.80. The fourth-order valence-corrected chi connectivity index (χ4v) is 1.88. The van der Waals surface area contributed by atoms with Crippen molar-refractivity contribution in [1.29, 1.82) is 0 Å². The quantitative estimate of drug-likeness (QED) is 0.350. The van der Waals surface area contributed by atoms with Gasteiger partial charge < -0.3 is 18.9 Å². The van der Waals surface area contributed by atoms with Gasteiger partial charge in [0.15, 0.2) is 5.78 Å². The molecule has 0 aromatic heterocycles. The van der Waals surface area contributed by atoms with Gasteiger partial charge in [-0.05, 0) is 26.7 Å². The van der Waals surface area contributed by atoms with Gasteiger partial charge in [-0.3, -0.25) is 9.59 Å². The molecule has 0 aliphatic heterocycles. The van der Waals surface area contributed by atoms with E-state index < -0.39 is 0 Å². The third-order valence-electron chi connectivity index (χ3n) is 3.42. The van der Waals surface area contributed by atoms with E-state index in [4.69, 9.17) is 18.9 Å². The maximum absolute atomic E-state index is 11.5. The molecule has 0 rings (SSSR count). The first-order valence-corrected chi connectivity index (χ1v) is 9.32. The lowest BCUT2D eigenvalue weighted by Gasteiger charge is -2.08. The topological polar surface area (TPSA) is 71.1 Å². The van der Waals surface area contributed by atoms with E-state index >= 15 is 0 Å². The lowest BCUT2D eigenvalue weighted by Crippen LogP contribution is -2.14. The third kappa shape index (κ3) is 17.8. The van der Waals surface area contributed by atoms with E-state index in [1.165, 1.54) is 0 Å². The minimum Gasteiger partial charge on any atom is -0.379 e. The molecule has 148 valence electrons. The van der Waals surface area contributed by atoms with Crippen LogP contribution in [-0.4, -0.2) is 63.9 Å². The molecule has 0 bridgehead atoms. The smallest absolute Gasteiger partial charge is 0.158 e. The van der Waals surface area contributed by atoms with Gasteiger partial charge >= 0.3 is 0 Å². The molecule has 0 aliphatic rings. The van der Waals surface area contributed by atoms with E-state index in [1.54, 1.807) is 0 Å². The zero-order valence-corrected chi connectivity index (χ0v) is 16.4. The molecular weight excluding hydrogens is 324 g/mol. The van der Waals surface area contributed by atoms with Crippen LogP contribution >= 0.6 is 0 Å². The van der Waals surface area contributed by atoms with Crippen LogP contribution in [0.5, 0.6) is 0 Å². The summed E-state index contributed by atoms with van der Waals surface area (Å²) in [4.78, 5) is 22.9. The molecule has 0 fully saturated rings. The minimum atomic E-state index is 0.0869. The molecule has 0 unspecified atom stereocenters. The molecule has 0 spiro atoms. The van der Waals surface area contributed by atoms with Gasteiger partial charge in [0.05, 0.1) is 32.5 Å². The molecule has 0 aromatic carbocycles. The first-order chi connectivity index (χ1) is 11.9. The molecule has 6 nitrogen and oxygen atoms in total. The summed E-state index contributed by atoms with van der Waals surface area (Å²) in [7, 11) is 0. The van der Waals surface area contributed by atoms with Crippen LogP contribution in [0.2, 0.25) is 0 Å². The minimum absolute atomic E-state index is 0.0869. The molecule has 0 saturated carbocycles. The second kappa shape index (κ2) is 16.6. The average molecular weight is 360 g/mol. The Morgan fingerprint density at radius 2 is 1.20 bits per heavy atom.